The zero-order valence-electron chi connectivity index (χ0n) is 9.75. The van der Waals surface area contributed by atoms with Crippen LogP contribution in [0.25, 0.3) is 0 Å². The van der Waals surface area contributed by atoms with Gasteiger partial charge in [-0.25, -0.2) is 0 Å². The summed E-state index contributed by atoms with van der Waals surface area (Å²) in [5.41, 5.74) is -0.613. The summed E-state index contributed by atoms with van der Waals surface area (Å²) < 4.78 is 5.02. The quantitative estimate of drug-likeness (QED) is 0.760. The molecule has 0 spiro atoms. The molecule has 0 aliphatic carbocycles. The van der Waals surface area contributed by atoms with E-state index >= 15 is 0 Å². The number of rotatable bonds is 5. The minimum absolute atomic E-state index is 0.0656. The van der Waals surface area contributed by atoms with Crippen LogP contribution in [0.15, 0.2) is 11.6 Å². The standard InChI is InChI=1S/C11H17ClO4/c1-7(12)5-8(10(14)15)6-9(13)16-11(2,3)4/h8H,1,5-6H2,2-4H3,(H,14,15)/t8-/m0/s1. The lowest BCUT2D eigenvalue weighted by Crippen LogP contribution is -2.27. The topological polar surface area (TPSA) is 63.6 Å². The molecule has 0 aliphatic rings. The lowest BCUT2D eigenvalue weighted by Gasteiger charge is -2.20. The van der Waals surface area contributed by atoms with E-state index in [2.05, 4.69) is 6.58 Å². The SMILES string of the molecule is C=C(Cl)C[C@@H](CC(=O)OC(C)(C)C)C(=O)O. The van der Waals surface area contributed by atoms with E-state index < -0.39 is 23.5 Å². The van der Waals surface area contributed by atoms with Crippen molar-refractivity contribution in [2.45, 2.75) is 39.2 Å². The highest BCUT2D eigenvalue weighted by atomic mass is 35.5. The highest BCUT2D eigenvalue weighted by Gasteiger charge is 2.25. The molecule has 0 fully saturated rings. The first-order valence-electron chi connectivity index (χ1n) is 4.89. The molecule has 92 valence electrons. The molecule has 0 aromatic heterocycles. The van der Waals surface area contributed by atoms with Crippen LogP contribution < -0.4 is 0 Å². The Balaban J connectivity index is 4.35. The summed E-state index contributed by atoms with van der Waals surface area (Å²) in [4.78, 5) is 22.2. The Morgan fingerprint density at radius 1 is 1.38 bits per heavy atom. The molecule has 4 nitrogen and oxygen atoms in total. The second kappa shape index (κ2) is 5.89. The second-order valence-electron chi connectivity index (χ2n) is 4.55. The molecule has 0 amide bonds. The molecule has 0 aromatic carbocycles. The van der Waals surface area contributed by atoms with Crippen LogP contribution in [-0.4, -0.2) is 22.6 Å². The molecule has 0 unspecified atom stereocenters. The van der Waals surface area contributed by atoms with Gasteiger partial charge in [0.1, 0.15) is 5.60 Å². The van der Waals surface area contributed by atoms with E-state index in [0.29, 0.717) is 0 Å². The normalized spacial score (nSPS) is 13.0. The monoisotopic (exact) mass is 248 g/mol. The smallest absolute Gasteiger partial charge is 0.307 e. The van der Waals surface area contributed by atoms with Crippen LogP contribution in [0.1, 0.15) is 33.6 Å². The van der Waals surface area contributed by atoms with Crippen molar-refractivity contribution < 1.29 is 19.4 Å². The number of carboxylic acids is 1. The Bertz CT molecular complexity index is 291. The Hall–Kier alpha value is -1.03. The molecule has 0 saturated heterocycles. The average molecular weight is 249 g/mol. The number of ether oxygens (including phenoxy) is 1. The Kier molecular flexibility index (Phi) is 5.51. The van der Waals surface area contributed by atoms with E-state index in [1.807, 2.05) is 0 Å². The van der Waals surface area contributed by atoms with Crippen molar-refractivity contribution in [1.82, 2.24) is 0 Å². The highest BCUT2D eigenvalue weighted by molar-refractivity contribution is 6.29. The van der Waals surface area contributed by atoms with Crippen molar-refractivity contribution in [3.8, 4) is 0 Å². The molecule has 0 heterocycles. The average Bonchev–Trinajstić information content (AvgIpc) is 1.97. The number of carboxylic acid groups (broad SMARTS) is 1. The van der Waals surface area contributed by atoms with Crippen LogP contribution in [0.2, 0.25) is 0 Å². The number of aliphatic carboxylic acids is 1. The van der Waals surface area contributed by atoms with Crippen molar-refractivity contribution in [3.63, 3.8) is 0 Å². The van der Waals surface area contributed by atoms with Crippen LogP contribution in [0.4, 0.5) is 0 Å². The number of carbonyl (C=O) groups excluding carboxylic acids is 1. The van der Waals surface area contributed by atoms with Gasteiger partial charge in [0, 0.05) is 5.03 Å². The van der Waals surface area contributed by atoms with E-state index in [0.717, 1.165) is 0 Å². The van der Waals surface area contributed by atoms with Gasteiger partial charge in [-0.05, 0) is 27.2 Å². The molecule has 16 heavy (non-hydrogen) atoms. The van der Waals surface area contributed by atoms with Gasteiger partial charge in [-0.2, -0.15) is 0 Å². The first-order chi connectivity index (χ1) is 7.11. The molecule has 0 aromatic rings. The summed E-state index contributed by atoms with van der Waals surface area (Å²) >= 11 is 5.52. The summed E-state index contributed by atoms with van der Waals surface area (Å²) in [6, 6.07) is 0. The van der Waals surface area contributed by atoms with E-state index in [1.165, 1.54) is 0 Å². The number of carbonyl (C=O) groups is 2. The van der Waals surface area contributed by atoms with E-state index in [4.69, 9.17) is 21.4 Å². The van der Waals surface area contributed by atoms with Crippen molar-refractivity contribution in [3.05, 3.63) is 11.6 Å². The third kappa shape index (κ3) is 7.29. The van der Waals surface area contributed by atoms with Gasteiger partial charge in [-0.1, -0.05) is 18.2 Å². The predicted octanol–water partition coefficient (Wildman–Crippen LogP) is 2.56. The third-order valence-corrected chi connectivity index (χ3v) is 1.80. The molecule has 1 atom stereocenters. The van der Waals surface area contributed by atoms with Crippen LogP contribution in [0, 0.1) is 5.92 Å². The highest BCUT2D eigenvalue weighted by Crippen LogP contribution is 2.19. The first-order valence-corrected chi connectivity index (χ1v) is 5.27. The fourth-order valence-corrected chi connectivity index (χ4v) is 1.28. The van der Waals surface area contributed by atoms with E-state index in [-0.39, 0.29) is 17.9 Å². The molecule has 1 N–H and O–H groups in total. The molecule has 5 heteroatoms. The summed E-state index contributed by atoms with van der Waals surface area (Å²) in [5.74, 6) is -2.50. The largest absolute Gasteiger partial charge is 0.481 e. The number of hydrogen-bond acceptors (Lipinski definition) is 3. The fraction of sp³-hybridized carbons (Fsp3) is 0.636. The van der Waals surface area contributed by atoms with E-state index in [9.17, 15) is 9.59 Å². The third-order valence-electron chi connectivity index (χ3n) is 1.65. The molecular weight excluding hydrogens is 232 g/mol. The van der Waals surface area contributed by atoms with Gasteiger partial charge in [0.25, 0.3) is 0 Å². The Morgan fingerprint density at radius 2 is 1.88 bits per heavy atom. The molecule has 0 saturated carbocycles. The van der Waals surface area contributed by atoms with Gasteiger partial charge in [0.05, 0.1) is 12.3 Å². The number of halogens is 1. The minimum Gasteiger partial charge on any atom is -0.481 e. The predicted molar refractivity (Wildman–Crippen MR) is 61.2 cm³/mol. The van der Waals surface area contributed by atoms with Gasteiger partial charge in [0.15, 0.2) is 0 Å². The van der Waals surface area contributed by atoms with Crippen molar-refractivity contribution in [2.24, 2.45) is 5.92 Å². The Labute approximate surface area is 100 Å². The van der Waals surface area contributed by atoms with Crippen LogP contribution in [-0.2, 0) is 14.3 Å². The molecule has 0 aliphatic heterocycles. The molecular formula is C11H17ClO4. The van der Waals surface area contributed by atoms with Crippen LogP contribution in [0.3, 0.4) is 0 Å². The van der Waals surface area contributed by atoms with Gasteiger partial charge in [-0.3, -0.25) is 9.59 Å². The maximum Gasteiger partial charge on any atom is 0.307 e. The molecule has 0 bridgehead atoms. The van der Waals surface area contributed by atoms with Crippen LogP contribution >= 0.6 is 11.6 Å². The van der Waals surface area contributed by atoms with Gasteiger partial charge in [-0.15, -0.1) is 0 Å². The molecule has 0 rings (SSSR count). The second-order valence-corrected chi connectivity index (χ2v) is 5.08. The lowest BCUT2D eigenvalue weighted by molar-refractivity contribution is -0.159. The van der Waals surface area contributed by atoms with Crippen LogP contribution in [0.5, 0.6) is 0 Å². The Morgan fingerprint density at radius 3 is 2.19 bits per heavy atom. The van der Waals surface area contributed by atoms with Gasteiger partial charge < -0.3 is 9.84 Å². The summed E-state index contributed by atoms with van der Waals surface area (Å²) in [5, 5.41) is 9.08. The van der Waals surface area contributed by atoms with Crippen molar-refractivity contribution in [1.29, 1.82) is 0 Å². The number of esters is 1. The summed E-state index contributed by atoms with van der Waals surface area (Å²) in [6.45, 7) is 8.58. The minimum atomic E-state index is -1.08. The van der Waals surface area contributed by atoms with Gasteiger partial charge >= 0.3 is 11.9 Å². The summed E-state index contributed by atoms with van der Waals surface area (Å²) in [7, 11) is 0. The first kappa shape index (κ1) is 15.0. The maximum absolute atomic E-state index is 11.4. The zero-order valence-corrected chi connectivity index (χ0v) is 10.5. The van der Waals surface area contributed by atoms with Gasteiger partial charge in [0.2, 0.25) is 0 Å². The zero-order chi connectivity index (χ0) is 12.9. The molecule has 0 radical (unpaired) electrons. The van der Waals surface area contributed by atoms with E-state index in [1.54, 1.807) is 20.8 Å². The van der Waals surface area contributed by atoms with Crippen molar-refractivity contribution in [2.75, 3.05) is 0 Å². The maximum atomic E-state index is 11.4. The lowest BCUT2D eigenvalue weighted by atomic mass is 10.0. The number of hydrogen-bond donors (Lipinski definition) is 1. The fourth-order valence-electron chi connectivity index (χ4n) is 1.10. The van der Waals surface area contributed by atoms with Crippen molar-refractivity contribution >= 4 is 23.5 Å². The number of allylic oxidation sites excluding steroid dienone is 1. The summed E-state index contributed by atoms with van der Waals surface area (Å²) in [6.07, 6.45) is -0.130.